The first-order chi connectivity index (χ1) is 16.6. The van der Waals surface area contributed by atoms with Gasteiger partial charge in [-0.3, -0.25) is 9.59 Å². The molecule has 5 aliphatic rings. The Morgan fingerprint density at radius 1 is 0.944 bits per heavy atom. The zero-order valence-electron chi connectivity index (χ0n) is 19.9. The number of esters is 3. The van der Waals surface area contributed by atoms with E-state index < -0.39 is 66.4 Å². The van der Waals surface area contributed by atoms with E-state index >= 15 is 0 Å². The van der Waals surface area contributed by atoms with Crippen molar-refractivity contribution in [3.05, 3.63) is 0 Å². The topological polar surface area (TPSA) is 97.4 Å². The summed E-state index contributed by atoms with van der Waals surface area (Å²) in [5.74, 6) is -9.23. The summed E-state index contributed by atoms with van der Waals surface area (Å²) in [7, 11) is 0. The van der Waals surface area contributed by atoms with Crippen LogP contribution in [0.3, 0.4) is 0 Å². The molecule has 36 heavy (non-hydrogen) atoms. The van der Waals surface area contributed by atoms with E-state index in [1.807, 2.05) is 0 Å². The molecule has 1 saturated heterocycles. The summed E-state index contributed by atoms with van der Waals surface area (Å²) in [6.45, 7) is -0.213. The van der Waals surface area contributed by atoms with Gasteiger partial charge < -0.3 is 23.7 Å². The van der Waals surface area contributed by atoms with Gasteiger partial charge in [0.1, 0.15) is 12.7 Å². The average Bonchev–Trinajstić information content (AvgIpc) is 2.77. The fraction of sp³-hybridized carbons (Fsp3) is 0.870. The number of ether oxygens (including phenoxy) is 5. The number of alkyl halides is 5. The van der Waals surface area contributed by atoms with Gasteiger partial charge in [0.25, 0.3) is 5.92 Å². The smallest absolute Gasteiger partial charge is 0.463 e. The highest BCUT2D eigenvalue weighted by Gasteiger charge is 2.68. The number of hydrogen-bond acceptors (Lipinski definition) is 8. The van der Waals surface area contributed by atoms with E-state index in [0.29, 0.717) is 39.0 Å². The molecule has 4 aliphatic carbocycles. The Morgan fingerprint density at radius 2 is 1.58 bits per heavy atom. The van der Waals surface area contributed by atoms with Gasteiger partial charge in [-0.2, -0.15) is 13.2 Å². The quantitative estimate of drug-likeness (QED) is 0.282. The fourth-order valence-electron chi connectivity index (χ4n) is 6.45. The van der Waals surface area contributed by atoms with E-state index in [2.05, 4.69) is 4.74 Å². The Kier molecular flexibility index (Phi) is 7.04. The van der Waals surface area contributed by atoms with Crippen LogP contribution in [0.2, 0.25) is 0 Å². The molecule has 4 atom stereocenters. The molecular formula is C23H29F5O8. The Hall–Kier alpha value is -2.02. The molecular weight excluding hydrogens is 499 g/mol. The molecule has 0 N–H and O–H groups in total. The third-order valence-corrected chi connectivity index (χ3v) is 7.71. The predicted molar refractivity (Wildman–Crippen MR) is 108 cm³/mol. The van der Waals surface area contributed by atoms with Gasteiger partial charge in [0, 0.05) is 31.6 Å². The predicted octanol–water partition coefficient (Wildman–Crippen LogP) is 3.41. The minimum atomic E-state index is -5.16. The van der Waals surface area contributed by atoms with E-state index in [1.165, 1.54) is 6.92 Å². The highest BCUT2D eigenvalue weighted by Crippen LogP contribution is 2.66. The van der Waals surface area contributed by atoms with Crippen LogP contribution in [0.15, 0.2) is 0 Å². The van der Waals surface area contributed by atoms with Crippen LogP contribution in [0, 0.1) is 29.1 Å². The van der Waals surface area contributed by atoms with Crippen molar-refractivity contribution in [1.29, 1.82) is 0 Å². The van der Waals surface area contributed by atoms with Crippen LogP contribution in [0.5, 0.6) is 0 Å². The highest BCUT2D eigenvalue weighted by atomic mass is 19.4. The Balaban J connectivity index is 1.49. The monoisotopic (exact) mass is 528 g/mol. The number of carbonyl (C=O) groups is 3. The number of rotatable bonds is 7. The van der Waals surface area contributed by atoms with E-state index in [1.54, 1.807) is 0 Å². The maximum atomic E-state index is 13.3. The van der Waals surface area contributed by atoms with Crippen LogP contribution in [-0.2, 0) is 38.1 Å². The van der Waals surface area contributed by atoms with Gasteiger partial charge in [-0.1, -0.05) is 0 Å². The lowest BCUT2D eigenvalue weighted by Gasteiger charge is -2.65. The molecule has 4 unspecified atom stereocenters. The van der Waals surface area contributed by atoms with Gasteiger partial charge in [0.15, 0.2) is 12.4 Å². The summed E-state index contributed by atoms with van der Waals surface area (Å²) in [6.07, 6.45) is -3.65. The molecule has 0 aromatic rings. The molecule has 0 aromatic heterocycles. The van der Waals surface area contributed by atoms with Gasteiger partial charge in [-0.05, 0) is 38.0 Å². The summed E-state index contributed by atoms with van der Waals surface area (Å²) in [5.41, 5.74) is -0.926. The number of carbonyl (C=O) groups excluding carboxylic acids is 3. The summed E-state index contributed by atoms with van der Waals surface area (Å²) >= 11 is 0. The molecule has 1 spiro atoms. The third kappa shape index (κ3) is 5.32. The van der Waals surface area contributed by atoms with Crippen molar-refractivity contribution in [2.45, 2.75) is 69.9 Å². The highest BCUT2D eigenvalue weighted by molar-refractivity contribution is 5.78. The van der Waals surface area contributed by atoms with E-state index in [9.17, 15) is 36.3 Å². The van der Waals surface area contributed by atoms with Gasteiger partial charge in [0.05, 0.1) is 18.6 Å². The van der Waals surface area contributed by atoms with Crippen molar-refractivity contribution < 1.29 is 60.0 Å². The molecule has 5 rings (SSSR count). The SMILES string of the molecule is CC(=O)OCC1OC2(OCC1COC(=O)C(F)(F)F)C1CC3CC2CC(C(=O)OCC(C)(F)F)(C3)C1. The van der Waals surface area contributed by atoms with E-state index in [-0.39, 0.29) is 31.0 Å². The zero-order chi connectivity index (χ0) is 26.5. The normalized spacial score (nSPS) is 37.6. The van der Waals surface area contributed by atoms with Crippen LogP contribution in [0.1, 0.15) is 46.0 Å². The summed E-state index contributed by atoms with van der Waals surface area (Å²) in [6, 6.07) is 0. The summed E-state index contributed by atoms with van der Waals surface area (Å²) < 4.78 is 91.2. The first-order valence-electron chi connectivity index (χ1n) is 11.9. The average molecular weight is 528 g/mol. The lowest BCUT2D eigenvalue weighted by molar-refractivity contribution is -0.397. The van der Waals surface area contributed by atoms with Crippen LogP contribution >= 0.6 is 0 Å². The van der Waals surface area contributed by atoms with Crippen molar-refractivity contribution in [3.63, 3.8) is 0 Å². The molecule has 8 nitrogen and oxygen atoms in total. The Bertz CT molecular complexity index is 869. The minimum Gasteiger partial charge on any atom is -0.463 e. The Labute approximate surface area is 204 Å². The molecule has 4 bridgehead atoms. The van der Waals surface area contributed by atoms with Gasteiger partial charge in [-0.15, -0.1) is 0 Å². The molecule has 0 amide bonds. The second kappa shape index (κ2) is 9.38. The zero-order valence-corrected chi connectivity index (χ0v) is 19.9. The van der Waals surface area contributed by atoms with Crippen molar-refractivity contribution >= 4 is 17.9 Å². The fourth-order valence-corrected chi connectivity index (χ4v) is 6.45. The van der Waals surface area contributed by atoms with E-state index in [4.69, 9.17) is 18.9 Å². The van der Waals surface area contributed by atoms with Crippen molar-refractivity contribution in [1.82, 2.24) is 0 Å². The van der Waals surface area contributed by atoms with Crippen molar-refractivity contribution in [3.8, 4) is 0 Å². The molecule has 4 saturated carbocycles. The largest absolute Gasteiger partial charge is 0.490 e. The van der Waals surface area contributed by atoms with Crippen LogP contribution in [-0.4, -0.2) is 68.3 Å². The molecule has 13 heteroatoms. The standard InChI is InChI=1S/C23H29F5O8/c1-12(29)32-10-17-14(8-33-19(31)23(26,27)28)9-35-22(36-17)15-3-13-4-16(22)7-21(5-13,6-15)18(30)34-11-20(2,24)25/h13-17H,3-11H2,1-2H3. The minimum absolute atomic E-state index is 0.117. The maximum Gasteiger partial charge on any atom is 0.490 e. The molecule has 1 heterocycles. The second-order valence-corrected chi connectivity index (χ2v) is 10.6. The second-order valence-electron chi connectivity index (χ2n) is 10.6. The third-order valence-electron chi connectivity index (χ3n) is 7.71. The number of halogens is 5. The molecule has 204 valence electrons. The molecule has 1 aliphatic heterocycles. The summed E-state index contributed by atoms with van der Waals surface area (Å²) in [5, 5.41) is 0. The number of hydrogen-bond donors (Lipinski definition) is 0. The molecule has 0 radical (unpaired) electrons. The van der Waals surface area contributed by atoms with Gasteiger partial charge in [0.2, 0.25) is 0 Å². The lowest BCUT2D eigenvalue weighted by atomic mass is 9.47. The summed E-state index contributed by atoms with van der Waals surface area (Å²) in [4.78, 5) is 35.5. The van der Waals surface area contributed by atoms with Crippen molar-refractivity contribution in [2.24, 2.45) is 29.1 Å². The molecule has 5 fully saturated rings. The van der Waals surface area contributed by atoms with Crippen LogP contribution in [0.4, 0.5) is 22.0 Å². The maximum absolute atomic E-state index is 13.3. The Morgan fingerprint density at radius 3 is 2.14 bits per heavy atom. The lowest BCUT2D eigenvalue weighted by Crippen LogP contribution is -2.68. The van der Waals surface area contributed by atoms with Gasteiger partial charge in [-0.25, -0.2) is 13.6 Å². The first-order valence-corrected chi connectivity index (χ1v) is 11.9. The van der Waals surface area contributed by atoms with Gasteiger partial charge >= 0.3 is 24.1 Å². The van der Waals surface area contributed by atoms with Crippen molar-refractivity contribution in [2.75, 3.05) is 26.4 Å². The van der Waals surface area contributed by atoms with E-state index in [0.717, 1.165) is 0 Å². The first kappa shape index (κ1) is 27.0. The molecule has 0 aromatic carbocycles. The van der Waals surface area contributed by atoms with Crippen LogP contribution < -0.4 is 0 Å². The van der Waals surface area contributed by atoms with Crippen LogP contribution in [0.25, 0.3) is 0 Å².